The van der Waals surface area contributed by atoms with Gasteiger partial charge in [0.1, 0.15) is 18.4 Å². The van der Waals surface area contributed by atoms with E-state index < -0.39 is 35.8 Å². The van der Waals surface area contributed by atoms with Crippen molar-refractivity contribution in [1.29, 1.82) is 0 Å². The van der Waals surface area contributed by atoms with Crippen LogP contribution in [-0.2, 0) is 9.47 Å². The molecule has 1 aliphatic rings. The molecule has 0 amide bonds. The van der Waals surface area contributed by atoms with Crippen LogP contribution in [0.2, 0.25) is 0 Å². The number of ether oxygens (including phenoxy) is 2. The van der Waals surface area contributed by atoms with E-state index in [-0.39, 0.29) is 25.2 Å². The van der Waals surface area contributed by atoms with Gasteiger partial charge in [-0.3, -0.25) is 14.3 Å². The lowest BCUT2D eigenvalue weighted by Gasteiger charge is -2.16. The topological polar surface area (TPSA) is 134 Å². The molecule has 0 aromatic carbocycles. The Bertz CT molecular complexity index is 596. The highest BCUT2D eigenvalue weighted by Gasteiger charge is 2.35. The second kappa shape index (κ2) is 6.50. The normalized spacial score (nSPS) is 27.0. The number of aliphatic hydroxyl groups is 3. The van der Waals surface area contributed by atoms with Crippen LogP contribution in [-0.4, -0.2) is 57.4 Å². The van der Waals surface area contributed by atoms with Crippen molar-refractivity contribution in [3.05, 3.63) is 32.6 Å². The van der Waals surface area contributed by atoms with Gasteiger partial charge in [-0.25, -0.2) is 4.79 Å². The molecule has 2 rings (SSSR count). The molecule has 0 aliphatic carbocycles. The van der Waals surface area contributed by atoms with Crippen LogP contribution < -0.4 is 11.2 Å². The van der Waals surface area contributed by atoms with Gasteiger partial charge in [0.05, 0.1) is 24.9 Å². The highest BCUT2D eigenvalue weighted by molar-refractivity contribution is 5.09. The third-order valence-corrected chi connectivity index (χ3v) is 3.37. The quantitative estimate of drug-likeness (QED) is 0.487. The number of aliphatic hydroxyl groups excluding tert-OH is 3. The molecule has 9 heteroatoms. The fourth-order valence-electron chi connectivity index (χ4n) is 2.25. The summed E-state index contributed by atoms with van der Waals surface area (Å²) >= 11 is 0. The fraction of sp³-hybridized carbons (Fsp3) is 0.667. The van der Waals surface area contributed by atoms with Gasteiger partial charge in [-0.05, 0) is 0 Å². The van der Waals surface area contributed by atoms with Crippen LogP contribution in [0.1, 0.15) is 24.3 Å². The number of aromatic amines is 1. The van der Waals surface area contributed by atoms with Gasteiger partial charge in [-0.2, -0.15) is 0 Å². The van der Waals surface area contributed by atoms with Gasteiger partial charge < -0.3 is 24.8 Å². The third kappa shape index (κ3) is 3.22. The molecule has 2 heterocycles. The highest BCUT2D eigenvalue weighted by Crippen LogP contribution is 2.27. The standard InChI is InChI=1S/C12H18N2O7/c1-20-5-8(17)6-3-14(12(19)13-11(6)18)10-2-7(16)9(4-15)21-10/h3,7-10,15-17H,2,4-5H2,1H3,(H,13,18,19)/t7-,8-,9+,10+/m0/s1. The van der Waals surface area contributed by atoms with Crippen molar-refractivity contribution in [1.82, 2.24) is 9.55 Å². The molecule has 0 spiro atoms. The molecule has 118 valence electrons. The summed E-state index contributed by atoms with van der Waals surface area (Å²) < 4.78 is 11.2. The van der Waals surface area contributed by atoms with Gasteiger partial charge in [-0.15, -0.1) is 0 Å². The molecule has 1 aromatic rings. The Kier molecular flexibility index (Phi) is 4.91. The molecule has 0 unspecified atom stereocenters. The average molecular weight is 302 g/mol. The maximum atomic E-state index is 11.8. The number of hydrogen-bond acceptors (Lipinski definition) is 7. The van der Waals surface area contributed by atoms with E-state index in [2.05, 4.69) is 4.98 Å². The zero-order valence-corrected chi connectivity index (χ0v) is 11.4. The number of hydrogen-bond donors (Lipinski definition) is 4. The van der Waals surface area contributed by atoms with Crippen LogP contribution in [0, 0.1) is 0 Å². The lowest BCUT2D eigenvalue weighted by molar-refractivity contribution is -0.0462. The fourth-order valence-corrected chi connectivity index (χ4v) is 2.25. The molecule has 9 nitrogen and oxygen atoms in total. The van der Waals surface area contributed by atoms with E-state index in [1.54, 1.807) is 0 Å². The minimum Gasteiger partial charge on any atom is -0.394 e. The zero-order chi connectivity index (χ0) is 15.6. The SMILES string of the molecule is COC[C@H](O)c1cn([C@H]2C[C@H](O)[C@@H](CO)O2)c(=O)[nH]c1=O. The smallest absolute Gasteiger partial charge is 0.330 e. The minimum atomic E-state index is -1.19. The first-order valence-electron chi connectivity index (χ1n) is 6.44. The number of aromatic nitrogens is 2. The predicted octanol–water partition coefficient (Wildman–Crippen LogP) is -2.14. The Balaban J connectivity index is 2.34. The predicted molar refractivity (Wildman–Crippen MR) is 69.8 cm³/mol. The maximum absolute atomic E-state index is 11.8. The van der Waals surface area contributed by atoms with E-state index in [0.717, 1.165) is 4.57 Å². The lowest BCUT2D eigenvalue weighted by Crippen LogP contribution is -2.35. The largest absolute Gasteiger partial charge is 0.394 e. The van der Waals surface area contributed by atoms with E-state index >= 15 is 0 Å². The maximum Gasteiger partial charge on any atom is 0.330 e. The van der Waals surface area contributed by atoms with E-state index in [9.17, 15) is 19.8 Å². The Morgan fingerprint density at radius 3 is 2.86 bits per heavy atom. The summed E-state index contributed by atoms with van der Waals surface area (Å²) in [6, 6.07) is 0. The summed E-state index contributed by atoms with van der Waals surface area (Å²) in [6.07, 6.45) is -2.44. The Labute approximate surface area is 119 Å². The van der Waals surface area contributed by atoms with Crippen LogP contribution in [0.15, 0.2) is 15.8 Å². The summed E-state index contributed by atoms with van der Waals surface area (Å²) in [4.78, 5) is 25.6. The number of nitrogens with one attached hydrogen (secondary N) is 1. The molecule has 1 aliphatic heterocycles. The summed E-state index contributed by atoms with van der Waals surface area (Å²) in [5.41, 5.74) is -1.47. The van der Waals surface area contributed by atoms with Crippen LogP contribution in [0.5, 0.6) is 0 Å². The van der Waals surface area contributed by atoms with Crippen molar-refractivity contribution in [2.45, 2.75) is 31.0 Å². The number of methoxy groups -OCH3 is 1. The van der Waals surface area contributed by atoms with Gasteiger partial charge in [-0.1, -0.05) is 0 Å². The van der Waals surface area contributed by atoms with Crippen molar-refractivity contribution < 1.29 is 24.8 Å². The summed E-state index contributed by atoms with van der Waals surface area (Å²) in [7, 11) is 1.37. The lowest BCUT2D eigenvalue weighted by atomic mass is 10.2. The molecule has 0 bridgehead atoms. The molecule has 1 fully saturated rings. The van der Waals surface area contributed by atoms with Crippen LogP contribution >= 0.6 is 0 Å². The van der Waals surface area contributed by atoms with E-state index in [0.29, 0.717) is 0 Å². The van der Waals surface area contributed by atoms with Crippen LogP contribution in [0.4, 0.5) is 0 Å². The Hall–Kier alpha value is -1.52. The second-order valence-corrected chi connectivity index (χ2v) is 4.84. The molecule has 4 atom stereocenters. The summed E-state index contributed by atoms with van der Waals surface area (Å²) in [5.74, 6) is 0. The molecular formula is C12H18N2O7. The monoisotopic (exact) mass is 302 g/mol. The van der Waals surface area contributed by atoms with Gasteiger partial charge in [0.2, 0.25) is 0 Å². The van der Waals surface area contributed by atoms with Crippen molar-refractivity contribution in [3.8, 4) is 0 Å². The van der Waals surface area contributed by atoms with Crippen LogP contribution in [0.25, 0.3) is 0 Å². The number of rotatable bonds is 5. The van der Waals surface area contributed by atoms with Gasteiger partial charge in [0, 0.05) is 19.7 Å². The first-order chi connectivity index (χ1) is 9.97. The van der Waals surface area contributed by atoms with Gasteiger partial charge in [0.25, 0.3) is 5.56 Å². The number of H-pyrrole nitrogens is 1. The van der Waals surface area contributed by atoms with Crippen molar-refractivity contribution in [2.24, 2.45) is 0 Å². The Morgan fingerprint density at radius 1 is 1.57 bits per heavy atom. The highest BCUT2D eigenvalue weighted by atomic mass is 16.5. The Morgan fingerprint density at radius 2 is 2.29 bits per heavy atom. The zero-order valence-electron chi connectivity index (χ0n) is 11.4. The molecule has 0 radical (unpaired) electrons. The summed E-state index contributed by atoms with van der Waals surface area (Å²) in [5, 5.41) is 28.5. The average Bonchev–Trinajstić information content (AvgIpc) is 2.80. The van der Waals surface area contributed by atoms with Crippen molar-refractivity contribution in [3.63, 3.8) is 0 Å². The first-order valence-corrected chi connectivity index (χ1v) is 6.44. The van der Waals surface area contributed by atoms with Crippen molar-refractivity contribution >= 4 is 0 Å². The third-order valence-electron chi connectivity index (χ3n) is 3.37. The molecule has 1 aromatic heterocycles. The van der Waals surface area contributed by atoms with E-state index in [1.165, 1.54) is 13.3 Å². The van der Waals surface area contributed by atoms with E-state index in [1.807, 2.05) is 0 Å². The molecule has 21 heavy (non-hydrogen) atoms. The molecular weight excluding hydrogens is 284 g/mol. The minimum absolute atomic E-state index is 0.0398. The van der Waals surface area contributed by atoms with Crippen molar-refractivity contribution in [2.75, 3.05) is 20.3 Å². The van der Waals surface area contributed by atoms with Gasteiger partial charge in [0.15, 0.2) is 0 Å². The number of nitrogens with zero attached hydrogens (tertiary/aromatic N) is 1. The molecule has 4 N–H and O–H groups in total. The second-order valence-electron chi connectivity index (χ2n) is 4.84. The van der Waals surface area contributed by atoms with E-state index in [4.69, 9.17) is 14.6 Å². The first kappa shape index (κ1) is 15.9. The van der Waals surface area contributed by atoms with Crippen LogP contribution in [0.3, 0.4) is 0 Å². The van der Waals surface area contributed by atoms with Gasteiger partial charge >= 0.3 is 5.69 Å². The summed E-state index contributed by atoms with van der Waals surface area (Å²) in [6.45, 7) is -0.483. The molecule has 1 saturated heterocycles. The molecule has 0 saturated carbocycles.